The van der Waals surface area contributed by atoms with Gasteiger partial charge in [-0.1, -0.05) is 95.8 Å². The molecule has 0 aliphatic rings. The van der Waals surface area contributed by atoms with Crippen LogP contribution in [0.4, 0.5) is 0 Å². The molecule has 0 saturated carbocycles. The van der Waals surface area contributed by atoms with Gasteiger partial charge in [0.2, 0.25) is 0 Å². The van der Waals surface area contributed by atoms with E-state index in [0.29, 0.717) is 0 Å². The molecule has 0 heterocycles. The van der Waals surface area contributed by atoms with Crippen LogP contribution in [0.25, 0.3) is 43.8 Å². The van der Waals surface area contributed by atoms with E-state index in [4.69, 9.17) is 0 Å². The number of rotatable bonds is 5. The molecule has 0 unspecified atom stereocenters. The van der Waals surface area contributed by atoms with Crippen LogP contribution in [0.2, 0.25) is 0 Å². The summed E-state index contributed by atoms with van der Waals surface area (Å²) < 4.78 is 0. The van der Waals surface area contributed by atoms with Gasteiger partial charge < -0.3 is 14.9 Å². The van der Waals surface area contributed by atoms with Crippen molar-refractivity contribution in [3.8, 4) is 22.3 Å². The first kappa shape index (κ1) is 32.5. The topological polar surface area (TPSA) is 0 Å². The van der Waals surface area contributed by atoms with Gasteiger partial charge in [-0.15, -0.1) is 69.1 Å². The van der Waals surface area contributed by atoms with Crippen LogP contribution in [0, 0.1) is 42.5 Å². The van der Waals surface area contributed by atoms with Crippen molar-refractivity contribution in [3.63, 3.8) is 0 Å². The summed E-state index contributed by atoms with van der Waals surface area (Å²) in [5, 5.41) is 5.34. The predicted molar refractivity (Wildman–Crippen MR) is 178 cm³/mol. The van der Waals surface area contributed by atoms with Crippen LogP contribution in [-0.2, 0) is 31.3 Å². The third kappa shape index (κ3) is 5.84. The minimum Gasteiger partial charge on any atom is -0.358 e. The van der Waals surface area contributed by atoms with Gasteiger partial charge in [0.1, 0.15) is 0 Å². The molecule has 6 aromatic rings. The van der Waals surface area contributed by atoms with E-state index in [9.17, 15) is 0 Å². The third-order valence-corrected chi connectivity index (χ3v) is 8.55. The fourth-order valence-electron chi connectivity index (χ4n) is 6.45. The van der Waals surface area contributed by atoms with Crippen LogP contribution < -0.4 is 0 Å². The van der Waals surface area contributed by atoms with E-state index in [2.05, 4.69) is 139 Å². The second-order valence-electron chi connectivity index (χ2n) is 11.5. The molecule has 0 N–H and O–H groups in total. The molecule has 0 saturated heterocycles. The van der Waals surface area contributed by atoms with E-state index in [0.717, 1.165) is 6.42 Å². The minimum absolute atomic E-state index is 0. The van der Waals surface area contributed by atoms with E-state index in [1.807, 2.05) is 0 Å². The van der Waals surface area contributed by atoms with E-state index < -0.39 is 0 Å². The maximum absolute atomic E-state index is 2.45. The van der Waals surface area contributed by atoms with Crippen LogP contribution in [0.15, 0.2) is 97.1 Å². The zero-order valence-corrected chi connectivity index (χ0v) is 29.5. The van der Waals surface area contributed by atoms with Gasteiger partial charge in [0.25, 0.3) is 0 Å². The van der Waals surface area contributed by atoms with Gasteiger partial charge in [0.05, 0.1) is 0 Å². The Balaban J connectivity index is 0.00000154. The number of hydrogen-bond donors (Lipinski definition) is 0. The first-order valence-corrected chi connectivity index (χ1v) is 13.8. The summed E-state index contributed by atoms with van der Waals surface area (Å²) in [5.74, 6) is 0. The molecule has 0 atom stereocenters. The van der Waals surface area contributed by atoms with Crippen molar-refractivity contribution in [1.29, 1.82) is 0 Å². The fourth-order valence-corrected chi connectivity index (χ4v) is 6.45. The van der Waals surface area contributed by atoms with Crippen LogP contribution in [0.3, 0.4) is 0 Å². The van der Waals surface area contributed by atoms with E-state index in [1.54, 1.807) is 0 Å². The normalized spacial score (nSPS) is 11.2. The van der Waals surface area contributed by atoms with Crippen LogP contribution in [0.1, 0.15) is 53.6 Å². The Morgan fingerprint density at radius 3 is 1.27 bits per heavy atom. The SMILES string of the molecule is CCC(C)(c1cc2c(-c3cc(C)cc(C)c3)cccc2[cH-]1)c1cc2c(-c3cc(C)cc(C)c3)cccc2[cH-]1.[CH3-].[CH3-].[Hf+4]. The number of aryl methyl sites for hydroxylation is 4. The summed E-state index contributed by atoms with van der Waals surface area (Å²) in [6.45, 7) is 13.5. The fraction of sp³-hybridized carbons (Fsp3) is 0.200. The third-order valence-electron chi connectivity index (χ3n) is 8.55. The summed E-state index contributed by atoms with van der Waals surface area (Å²) in [5.41, 5.74) is 13.2. The van der Waals surface area contributed by atoms with Crippen LogP contribution in [-0.4, -0.2) is 0 Å². The van der Waals surface area contributed by atoms with Crippen LogP contribution in [0.5, 0.6) is 0 Å². The van der Waals surface area contributed by atoms with Crippen molar-refractivity contribution >= 4 is 21.5 Å². The monoisotopic (exact) mass is 702 g/mol. The maximum Gasteiger partial charge on any atom is 4.00 e. The van der Waals surface area contributed by atoms with Gasteiger partial charge in [0.15, 0.2) is 0 Å². The summed E-state index contributed by atoms with van der Waals surface area (Å²) in [6.07, 6.45) is 1.04. The first-order chi connectivity index (χ1) is 18.2. The molecule has 6 rings (SSSR count). The quantitative estimate of drug-likeness (QED) is 0.124. The molecular weight excluding hydrogens is 659 g/mol. The summed E-state index contributed by atoms with van der Waals surface area (Å²) in [4.78, 5) is 0. The van der Waals surface area contributed by atoms with Crippen molar-refractivity contribution in [3.05, 3.63) is 145 Å². The Morgan fingerprint density at radius 2 is 0.927 bits per heavy atom. The van der Waals surface area contributed by atoms with Gasteiger partial charge in [-0.3, -0.25) is 0 Å². The van der Waals surface area contributed by atoms with Crippen molar-refractivity contribution in [2.24, 2.45) is 0 Å². The Kier molecular flexibility index (Phi) is 9.87. The molecule has 0 aliphatic heterocycles. The summed E-state index contributed by atoms with van der Waals surface area (Å²) >= 11 is 0. The molecule has 0 fully saturated rings. The number of fused-ring (bicyclic) bond motifs is 2. The largest absolute Gasteiger partial charge is 4.00 e. The van der Waals surface area contributed by atoms with E-state index in [1.165, 1.54) is 77.2 Å². The Hall–Kier alpha value is -3.03. The molecular formula is C40H42Hf. The number of benzene rings is 4. The molecule has 0 bridgehead atoms. The van der Waals surface area contributed by atoms with Gasteiger partial charge >= 0.3 is 25.8 Å². The number of hydrogen-bond acceptors (Lipinski definition) is 0. The second-order valence-corrected chi connectivity index (χ2v) is 11.5. The molecule has 0 amide bonds. The predicted octanol–water partition coefficient (Wildman–Crippen LogP) is 11.6. The smallest absolute Gasteiger partial charge is 0.358 e. The van der Waals surface area contributed by atoms with Crippen LogP contribution >= 0.6 is 0 Å². The second kappa shape index (κ2) is 12.5. The molecule has 0 aromatic heterocycles. The minimum atomic E-state index is -0.0718. The average Bonchev–Trinajstić information content (AvgIpc) is 3.52. The van der Waals surface area contributed by atoms with Gasteiger partial charge in [-0.2, -0.15) is 12.1 Å². The van der Waals surface area contributed by atoms with Crippen molar-refractivity contribution < 1.29 is 25.8 Å². The molecule has 0 nitrogen and oxygen atoms in total. The standard InChI is InChI=1S/C38H36.2CH3.Hf/c1-7-38(6,32-20-28-10-8-12-34(36(28)22-32)30-16-24(2)14-25(3)17-30)33-21-29-11-9-13-35(37(29)23-33)31-18-26(4)15-27(5)19-31;;;/h8-23H,7H2,1-6H3;2*1H3;/q-2;2*-1;+4. The molecule has 206 valence electrons. The van der Waals surface area contributed by atoms with Crippen molar-refractivity contribution in [1.82, 2.24) is 0 Å². The van der Waals surface area contributed by atoms with Gasteiger partial charge in [-0.05, 0) is 50.7 Å². The Morgan fingerprint density at radius 1 is 0.561 bits per heavy atom. The first-order valence-electron chi connectivity index (χ1n) is 13.8. The summed E-state index contributed by atoms with van der Waals surface area (Å²) in [6, 6.07) is 37.0. The van der Waals surface area contributed by atoms with Gasteiger partial charge in [0, 0.05) is 0 Å². The zero-order chi connectivity index (χ0) is 26.6. The summed E-state index contributed by atoms with van der Waals surface area (Å²) in [7, 11) is 0. The molecule has 0 radical (unpaired) electrons. The maximum atomic E-state index is 2.45. The van der Waals surface area contributed by atoms with Crippen molar-refractivity contribution in [2.45, 2.75) is 53.4 Å². The zero-order valence-electron chi connectivity index (χ0n) is 25.9. The molecule has 0 spiro atoms. The Bertz CT molecular complexity index is 1640. The average molecular weight is 701 g/mol. The molecule has 1 heteroatoms. The molecule has 0 aliphatic carbocycles. The van der Waals surface area contributed by atoms with E-state index in [-0.39, 0.29) is 46.1 Å². The van der Waals surface area contributed by atoms with E-state index >= 15 is 0 Å². The molecule has 6 aromatic carbocycles. The molecule has 41 heavy (non-hydrogen) atoms. The van der Waals surface area contributed by atoms with Gasteiger partial charge in [-0.25, -0.2) is 0 Å². The Labute approximate surface area is 267 Å². The van der Waals surface area contributed by atoms with Crippen molar-refractivity contribution in [2.75, 3.05) is 0 Å².